The monoisotopic (exact) mass is 364 g/mol. The molecule has 1 saturated heterocycles. The summed E-state index contributed by atoms with van der Waals surface area (Å²) in [5.74, 6) is 0.225. The van der Waals surface area contributed by atoms with Gasteiger partial charge in [-0.25, -0.2) is 0 Å². The molecule has 1 heterocycles. The van der Waals surface area contributed by atoms with E-state index in [0.29, 0.717) is 12.5 Å². The summed E-state index contributed by atoms with van der Waals surface area (Å²) in [6.07, 6.45) is 3.65. The largest absolute Gasteiger partial charge is 0.309 e. The topological polar surface area (TPSA) is 23.6 Å². The van der Waals surface area contributed by atoms with Crippen molar-refractivity contribution in [2.75, 3.05) is 18.0 Å². The molecule has 0 unspecified atom stereocenters. The Morgan fingerprint density at radius 2 is 1.56 bits per heavy atom. The molecule has 1 aliphatic heterocycles. The van der Waals surface area contributed by atoms with Gasteiger partial charge in [0.1, 0.15) is 0 Å². The zero-order chi connectivity index (χ0) is 19.3. The van der Waals surface area contributed by atoms with Crippen molar-refractivity contribution in [2.24, 2.45) is 0 Å². The van der Waals surface area contributed by atoms with Crippen molar-refractivity contribution < 1.29 is 4.79 Å². The molecule has 1 amide bonds. The lowest BCUT2D eigenvalue weighted by molar-refractivity contribution is -0.119. The maximum atomic E-state index is 12.6. The SMILES string of the molecule is CCC(=O)N(c1ccccc1)C1CCN(C(C)(C)Cc2ccccc2)CC1. The summed E-state index contributed by atoms with van der Waals surface area (Å²) in [4.78, 5) is 17.3. The smallest absolute Gasteiger partial charge is 0.226 e. The van der Waals surface area contributed by atoms with Gasteiger partial charge in [-0.05, 0) is 50.8 Å². The fourth-order valence-corrected chi connectivity index (χ4v) is 4.25. The Morgan fingerprint density at radius 1 is 1.00 bits per heavy atom. The third kappa shape index (κ3) is 4.78. The number of hydrogen-bond donors (Lipinski definition) is 0. The first kappa shape index (κ1) is 19.6. The van der Waals surface area contributed by atoms with E-state index in [-0.39, 0.29) is 11.4 Å². The van der Waals surface area contributed by atoms with Gasteiger partial charge in [0.15, 0.2) is 0 Å². The minimum atomic E-state index is 0.124. The van der Waals surface area contributed by atoms with E-state index in [1.54, 1.807) is 0 Å². The average molecular weight is 365 g/mol. The minimum absolute atomic E-state index is 0.124. The maximum Gasteiger partial charge on any atom is 0.226 e. The first-order valence-electron chi connectivity index (χ1n) is 10.2. The molecule has 144 valence electrons. The van der Waals surface area contributed by atoms with Crippen LogP contribution >= 0.6 is 0 Å². The van der Waals surface area contributed by atoms with Gasteiger partial charge in [0, 0.05) is 36.8 Å². The van der Waals surface area contributed by atoms with Crippen molar-refractivity contribution in [1.29, 1.82) is 0 Å². The Morgan fingerprint density at radius 3 is 2.11 bits per heavy atom. The summed E-state index contributed by atoms with van der Waals surface area (Å²) in [5, 5.41) is 0. The highest BCUT2D eigenvalue weighted by molar-refractivity contribution is 5.93. The van der Waals surface area contributed by atoms with E-state index < -0.39 is 0 Å². The number of nitrogens with zero attached hydrogens (tertiary/aromatic N) is 2. The summed E-state index contributed by atoms with van der Waals surface area (Å²) in [6.45, 7) is 8.70. The number of carbonyl (C=O) groups excluding carboxylic acids is 1. The summed E-state index contributed by atoms with van der Waals surface area (Å²) in [5.41, 5.74) is 2.54. The molecule has 2 aromatic carbocycles. The Kier molecular flexibility index (Phi) is 6.33. The number of rotatable bonds is 6. The molecule has 1 fully saturated rings. The molecule has 0 N–H and O–H groups in total. The molecule has 0 atom stereocenters. The minimum Gasteiger partial charge on any atom is -0.309 e. The van der Waals surface area contributed by atoms with Crippen LogP contribution in [0.2, 0.25) is 0 Å². The van der Waals surface area contributed by atoms with Gasteiger partial charge in [0.05, 0.1) is 0 Å². The second-order valence-corrected chi connectivity index (χ2v) is 8.15. The molecule has 0 saturated carbocycles. The number of benzene rings is 2. The molecule has 0 aromatic heterocycles. The normalized spacial score (nSPS) is 16.3. The molecule has 0 bridgehead atoms. The van der Waals surface area contributed by atoms with Crippen LogP contribution in [0, 0.1) is 0 Å². The highest BCUT2D eigenvalue weighted by atomic mass is 16.2. The van der Waals surface area contributed by atoms with Crippen LogP contribution in [0.25, 0.3) is 0 Å². The summed E-state index contributed by atoms with van der Waals surface area (Å²) >= 11 is 0. The van der Waals surface area contributed by atoms with Crippen LogP contribution in [0.1, 0.15) is 45.6 Å². The van der Waals surface area contributed by atoms with Crippen LogP contribution in [-0.2, 0) is 11.2 Å². The highest BCUT2D eigenvalue weighted by Gasteiger charge is 2.34. The van der Waals surface area contributed by atoms with Crippen molar-refractivity contribution in [2.45, 2.75) is 58.0 Å². The van der Waals surface area contributed by atoms with Crippen molar-refractivity contribution in [1.82, 2.24) is 4.90 Å². The van der Waals surface area contributed by atoms with Crippen LogP contribution < -0.4 is 4.90 Å². The van der Waals surface area contributed by atoms with E-state index in [0.717, 1.165) is 38.0 Å². The summed E-state index contributed by atoms with van der Waals surface area (Å²) < 4.78 is 0. The highest BCUT2D eigenvalue weighted by Crippen LogP contribution is 2.29. The zero-order valence-corrected chi connectivity index (χ0v) is 16.9. The van der Waals surface area contributed by atoms with Crippen LogP contribution in [0.5, 0.6) is 0 Å². The molecule has 0 spiro atoms. The fourth-order valence-electron chi connectivity index (χ4n) is 4.25. The van der Waals surface area contributed by atoms with Gasteiger partial charge in [-0.2, -0.15) is 0 Å². The van der Waals surface area contributed by atoms with E-state index >= 15 is 0 Å². The number of hydrogen-bond acceptors (Lipinski definition) is 2. The number of para-hydroxylation sites is 1. The van der Waals surface area contributed by atoms with Crippen molar-refractivity contribution in [3.8, 4) is 0 Å². The molecule has 1 aliphatic rings. The lowest BCUT2D eigenvalue weighted by Gasteiger charge is -2.45. The standard InChI is InChI=1S/C24H32N2O/c1-4-23(27)26(21-13-9-6-10-14-21)22-15-17-25(18-16-22)24(2,3)19-20-11-7-5-8-12-20/h5-14,22H,4,15-19H2,1-3H3. The third-order valence-electron chi connectivity index (χ3n) is 5.77. The zero-order valence-electron chi connectivity index (χ0n) is 16.9. The third-order valence-corrected chi connectivity index (χ3v) is 5.77. The molecule has 3 heteroatoms. The summed E-state index contributed by atoms with van der Waals surface area (Å²) in [7, 11) is 0. The van der Waals surface area contributed by atoms with Crippen LogP contribution in [0.3, 0.4) is 0 Å². The van der Waals surface area contributed by atoms with E-state index in [9.17, 15) is 4.79 Å². The lowest BCUT2D eigenvalue weighted by atomic mass is 9.89. The second kappa shape index (κ2) is 8.71. The number of amides is 1. The quantitative estimate of drug-likeness (QED) is 0.727. The first-order valence-corrected chi connectivity index (χ1v) is 10.2. The maximum absolute atomic E-state index is 12.6. The number of carbonyl (C=O) groups is 1. The number of piperidine rings is 1. The molecule has 27 heavy (non-hydrogen) atoms. The molecular formula is C24H32N2O. The summed E-state index contributed by atoms with van der Waals surface area (Å²) in [6, 6.07) is 21.2. The van der Waals surface area contributed by atoms with Crippen molar-refractivity contribution in [3.63, 3.8) is 0 Å². The number of anilines is 1. The van der Waals surface area contributed by atoms with Crippen molar-refractivity contribution >= 4 is 11.6 Å². The molecule has 2 aromatic rings. The Balaban J connectivity index is 1.67. The van der Waals surface area contributed by atoms with Gasteiger partial charge >= 0.3 is 0 Å². The van der Waals surface area contributed by atoms with Gasteiger partial charge in [-0.15, -0.1) is 0 Å². The number of likely N-dealkylation sites (tertiary alicyclic amines) is 1. The van der Waals surface area contributed by atoms with Gasteiger partial charge in [-0.3, -0.25) is 9.69 Å². The Labute approximate surface area is 164 Å². The van der Waals surface area contributed by atoms with E-state index in [2.05, 4.69) is 61.2 Å². The first-order chi connectivity index (χ1) is 13.0. The van der Waals surface area contributed by atoms with Crippen molar-refractivity contribution in [3.05, 3.63) is 66.2 Å². The van der Waals surface area contributed by atoms with Crippen LogP contribution in [0.4, 0.5) is 5.69 Å². The molecule has 3 rings (SSSR count). The van der Waals surface area contributed by atoms with Crippen LogP contribution in [0.15, 0.2) is 60.7 Å². The predicted octanol–water partition coefficient (Wildman–Crippen LogP) is 4.92. The van der Waals surface area contributed by atoms with Gasteiger partial charge < -0.3 is 4.90 Å². The Hall–Kier alpha value is -2.13. The van der Waals surface area contributed by atoms with Gasteiger partial charge in [0.2, 0.25) is 5.91 Å². The van der Waals surface area contributed by atoms with Gasteiger partial charge in [-0.1, -0.05) is 55.5 Å². The lowest BCUT2D eigenvalue weighted by Crippen LogP contribution is -2.54. The molecule has 3 nitrogen and oxygen atoms in total. The fraction of sp³-hybridized carbons (Fsp3) is 0.458. The Bertz CT molecular complexity index is 719. The van der Waals surface area contributed by atoms with Gasteiger partial charge in [0.25, 0.3) is 0 Å². The van der Waals surface area contributed by atoms with E-state index in [1.165, 1.54) is 5.56 Å². The van der Waals surface area contributed by atoms with Crippen LogP contribution in [-0.4, -0.2) is 35.5 Å². The predicted molar refractivity (Wildman–Crippen MR) is 113 cm³/mol. The van der Waals surface area contributed by atoms with E-state index in [1.807, 2.05) is 30.0 Å². The second-order valence-electron chi connectivity index (χ2n) is 8.15. The molecule has 0 radical (unpaired) electrons. The molecule has 0 aliphatic carbocycles. The average Bonchev–Trinajstić information content (AvgIpc) is 2.70. The van der Waals surface area contributed by atoms with E-state index in [4.69, 9.17) is 0 Å². The molecular weight excluding hydrogens is 332 g/mol.